The van der Waals surface area contributed by atoms with Crippen LogP contribution in [-0.4, -0.2) is 32.7 Å². The van der Waals surface area contributed by atoms with E-state index in [-0.39, 0.29) is 5.91 Å². The summed E-state index contributed by atoms with van der Waals surface area (Å²) in [6, 6.07) is 5.48. The average molecular weight is 305 g/mol. The normalized spacial score (nSPS) is 10.5. The molecule has 0 aliphatic heterocycles. The maximum absolute atomic E-state index is 11.4. The van der Waals surface area contributed by atoms with E-state index < -0.39 is 0 Å². The highest BCUT2D eigenvalue weighted by molar-refractivity contribution is 6.42. The van der Waals surface area contributed by atoms with Gasteiger partial charge in [0.05, 0.1) is 16.7 Å². The number of hydrogen-bond acceptors (Lipinski definition) is 3. The second-order valence-electron chi connectivity index (χ2n) is 4.02. The highest BCUT2D eigenvalue weighted by Gasteiger charge is 2.01. The van der Waals surface area contributed by atoms with Crippen LogP contribution in [0.15, 0.2) is 18.2 Å². The first kappa shape index (κ1) is 16.2. The molecule has 2 N–H and O–H groups in total. The van der Waals surface area contributed by atoms with Gasteiger partial charge in [0.25, 0.3) is 0 Å². The Bertz CT molecular complexity index is 414. The first-order valence-electron chi connectivity index (χ1n) is 6.03. The van der Waals surface area contributed by atoms with E-state index in [1.807, 2.05) is 12.1 Å². The number of carbonyl (C=O) groups excluding carboxylic acids is 1. The highest BCUT2D eigenvalue weighted by atomic mass is 35.5. The molecular formula is C13H18Cl2N2O2. The fourth-order valence-corrected chi connectivity index (χ4v) is 1.79. The highest BCUT2D eigenvalue weighted by Crippen LogP contribution is 2.22. The fraction of sp³-hybridized carbons (Fsp3) is 0.462. The van der Waals surface area contributed by atoms with Gasteiger partial charge in [-0.05, 0) is 17.7 Å². The summed E-state index contributed by atoms with van der Waals surface area (Å²) in [6.07, 6.45) is 0.436. The Morgan fingerprint density at radius 1 is 1.26 bits per heavy atom. The molecule has 1 rings (SSSR count). The lowest BCUT2D eigenvalue weighted by molar-refractivity contribution is -0.121. The van der Waals surface area contributed by atoms with Gasteiger partial charge in [-0.3, -0.25) is 4.79 Å². The van der Waals surface area contributed by atoms with Gasteiger partial charge in [0, 0.05) is 33.2 Å². The Kier molecular flexibility index (Phi) is 7.82. The molecule has 0 fully saturated rings. The molecule has 0 saturated heterocycles. The van der Waals surface area contributed by atoms with E-state index >= 15 is 0 Å². The molecule has 1 aromatic rings. The van der Waals surface area contributed by atoms with Gasteiger partial charge in [0.15, 0.2) is 0 Å². The van der Waals surface area contributed by atoms with Crippen molar-refractivity contribution < 1.29 is 9.53 Å². The Labute approximate surface area is 123 Å². The number of amides is 1. The van der Waals surface area contributed by atoms with Gasteiger partial charge >= 0.3 is 0 Å². The van der Waals surface area contributed by atoms with Crippen molar-refractivity contribution in [3.63, 3.8) is 0 Å². The van der Waals surface area contributed by atoms with Crippen molar-refractivity contribution in [2.75, 3.05) is 26.8 Å². The zero-order valence-corrected chi connectivity index (χ0v) is 12.4. The maximum atomic E-state index is 11.4. The molecule has 0 aliphatic rings. The van der Waals surface area contributed by atoms with Gasteiger partial charge in [0.2, 0.25) is 5.91 Å². The van der Waals surface area contributed by atoms with Crippen LogP contribution in [-0.2, 0) is 16.1 Å². The molecular weight excluding hydrogens is 287 g/mol. The number of methoxy groups -OCH3 is 1. The van der Waals surface area contributed by atoms with Crippen LogP contribution in [0.25, 0.3) is 0 Å². The van der Waals surface area contributed by atoms with Crippen molar-refractivity contribution in [2.45, 2.75) is 13.0 Å². The molecule has 0 radical (unpaired) electrons. The third-order valence-electron chi connectivity index (χ3n) is 2.47. The number of halogens is 2. The Hall–Kier alpha value is -0.810. The molecule has 19 heavy (non-hydrogen) atoms. The fourth-order valence-electron chi connectivity index (χ4n) is 1.47. The van der Waals surface area contributed by atoms with Crippen molar-refractivity contribution in [1.82, 2.24) is 10.6 Å². The summed E-state index contributed by atoms with van der Waals surface area (Å²) in [4.78, 5) is 11.4. The van der Waals surface area contributed by atoms with Crippen LogP contribution in [0.1, 0.15) is 12.0 Å². The third-order valence-corrected chi connectivity index (χ3v) is 3.21. The molecule has 0 aliphatic carbocycles. The molecule has 0 spiro atoms. The molecule has 0 heterocycles. The number of rotatable bonds is 8. The zero-order valence-electron chi connectivity index (χ0n) is 10.8. The van der Waals surface area contributed by atoms with Gasteiger partial charge in [-0.15, -0.1) is 0 Å². The first-order chi connectivity index (χ1) is 9.13. The summed E-state index contributed by atoms with van der Waals surface area (Å²) in [5.41, 5.74) is 1.04. The lowest BCUT2D eigenvalue weighted by Gasteiger charge is -2.07. The molecule has 0 unspecified atom stereocenters. The molecule has 0 saturated carbocycles. The van der Waals surface area contributed by atoms with E-state index in [4.69, 9.17) is 27.9 Å². The lowest BCUT2D eigenvalue weighted by Crippen LogP contribution is -2.29. The van der Waals surface area contributed by atoms with Crippen LogP contribution in [0.4, 0.5) is 0 Å². The number of hydrogen-bond donors (Lipinski definition) is 2. The minimum Gasteiger partial charge on any atom is -0.383 e. The summed E-state index contributed by atoms with van der Waals surface area (Å²) < 4.78 is 4.84. The monoisotopic (exact) mass is 304 g/mol. The summed E-state index contributed by atoms with van der Waals surface area (Å²) in [5, 5.41) is 7.02. The molecule has 0 aromatic heterocycles. The standard InChI is InChI=1S/C13H18Cl2N2O2/c1-19-7-6-17-13(18)4-5-16-9-10-2-3-11(14)12(15)8-10/h2-3,8,16H,4-7,9H2,1H3,(H,17,18). The van der Waals surface area contributed by atoms with E-state index in [0.717, 1.165) is 5.56 Å². The first-order valence-corrected chi connectivity index (χ1v) is 6.79. The summed E-state index contributed by atoms with van der Waals surface area (Å²) in [7, 11) is 1.60. The van der Waals surface area contributed by atoms with Crippen LogP contribution in [0, 0.1) is 0 Å². The third kappa shape index (κ3) is 6.78. The smallest absolute Gasteiger partial charge is 0.221 e. The molecule has 6 heteroatoms. The second kappa shape index (κ2) is 9.15. The van der Waals surface area contributed by atoms with E-state index in [0.29, 0.717) is 42.7 Å². The second-order valence-corrected chi connectivity index (χ2v) is 4.83. The minimum atomic E-state index is 0.0127. The van der Waals surface area contributed by atoms with E-state index in [1.54, 1.807) is 13.2 Å². The predicted molar refractivity (Wildman–Crippen MR) is 77.7 cm³/mol. The van der Waals surface area contributed by atoms with E-state index in [1.165, 1.54) is 0 Å². The summed E-state index contributed by atoms with van der Waals surface area (Å²) in [5.74, 6) is 0.0127. The predicted octanol–water partition coefficient (Wildman–Crippen LogP) is 2.24. The molecule has 106 valence electrons. The van der Waals surface area contributed by atoms with Crippen LogP contribution in [0.5, 0.6) is 0 Å². The van der Waals surface area contributed by atoms with E-state index in [2.05, 4.69) is 10.6 Å². The van der Waals surface area contributed by atoms with Gasteiger partial charge in [-0.2, -0.15) is 0 Å². The quantitative estimate of drug-likeness (QED) is 0.724. The largest absolute Gasteiger partial charge is 0.383 e. The topological polar surface area (TPSA) is 50.4 Å². The van der Waals surface area contributed by atoms with Gasteiger partial charge in [-0.1, -0.05) is 29.3 Å². The van der Waals surface area contributed by atoms with Crippen LogP contribution >= 0.6 is 23.2 Å². The van der Waals surface area contributed by atoms with Gasteiger partial charge in [0.1, 0.15) is 0 Å². The number of nitrogens with one attached hydrogen (secondary N) is 2. The average Bonchev–Trinajstić information content (AvgIpc) is 2.39. The minimum absolute atomic E-state index is 0.0127. The van der Waals surface area contributed by atoms with Gasteiger partial charge < -0.3 is 15.4 Å². The van der Waals surface area contributed by atoms with Crippen molar-refractivity contribution in [2.24, 2.45) is 0 Å². The van der Waals surface area contributed by atoms with Crippen LogP contribution in [0.3, 0.4) is 0 Å². The lowest BCUT2D eigenvalue weighted by atomic mass is 10.2. The Morgan fingerprint density at radius 2 is 2.05 bits per heavy atom. The number of benzene rings is 1. The molecule has 1 amide bonds. The molecule has 4 nitrogen and oxygen atoms in total. The SMILES string of the molecule is COCCNC(=O)CCNCc1ccc(Cl)c(Cl)c1. The summed E-state index contributed by atoms with van der Waals surface area (Å²) >= 11 is 11.7. The van der Waals surface area contributed by atoms with Crippen LogP contribution < -0.4 is 10.6 Å². The Morgan fingerprint density at radius 3 is 2.74 bits per heavy atom. The Balaban J connectivity index is 2.16. The van der Waals surface area contributed by atoms with Crippen molar-refractivity contribution in [1.29, 1.82) is 0 Å². The number of ether oxygens (including phenoxy) is 1. The summed E-state index contributed by atoms with van der Waals surface area (Å²) in [6.45, 7) is 2.34. The van der Waals surface area contributed by atoms with Crippen LogP contribution in [0.2, 0.25) is 10.0 Å². The van der Waals surface area contributed by atoms with Crippen molar-refractivity contribution >= 4 is 29.1 Å². The molecule has 0 bridgehead atoms. The van der Waals surface area contributed by atoms with Crippen molar-refractivity contribution in [3.8, 4) is 0 Å². The maximum Gasteiger partial charge on any atom is 0.221 e. The van der Waals surface area contributed by atoms with Gasteiger partial charge in [-0.25, -0.2) is 0 Å². The van der Waals surface area contributed by atoms with Crippen molar-refractivity contribution in [3.05, 3.63) is 33.8 Å². The molecule has 1 aromatic carbocycles. The number of carbonyl (C=O) groups is 1. The zero-order chi connectivity index (χ0) is 14.1. The van der Waals surface area contributed by atoms with E-state index in [9.17, 15) is 4.79 Å². The molecule has 0 atom stereocenters.